The van der Waals surface area contributed by atoms with Crippen LogP contribution in [0.5, 0.6) is 17.5 Å². The predicted octanol–water partition coefficient (Wildman–Crippen LogP) is 4.52. The maximum absolute atomic E-state index is 11.1. The van der Waals surface area contributed by atoms with Crippen molar-refractivity contribution in [1.82, 2.24) is 14.5 Å². The maximum atomic E-state index is 11.1. The van der Waals surface area contributed by atoms with Crippen molar-refractivity contribution >= 4 is 38.0 Å². The summed E-state index contributed by atoms with van der Waals surface area (Å²) in [5.74, 6) is 0.723. The van der Waals surface area contributed by atoms with Crippen LogP contribution in [0.2, 0.25) is 0 Å². The summed E-state index contributed by atoms with van der Waals surface area (Å²) in [4.78, 5) is 8.76. The van der Waals surface area contributed by atoms with E-state index in [0.717, 1.165) is 44.8 Å². The first-order valence-corrected chi connectivity index (χ1v) is 13.5. The average Bonchev–Trinajstić information content (AvgIpc) is 3.44. The smallest absolute Gasteiger partial charge is 0.223 e. The fraction of sp³-hybridized carbons (Fsp3) is 0.276. The maximum Gasteiger partial charge on any atom is 0.223 e. The van der Waals surface area contributed by atoms with E-state index in [-0.39, 0.29) is 18.4 Å². The lowest BCUT2D eigenvalue weighted by Crippen LogP contribution is -2.49. The number of β-amino-alcohol motifs (C(OH)–C–C–N with tert-alkyl or cyclic N) is 1. The number of piperazine rings is 1. The molecule has 3 N–H and O–H groups in total. The van der Waals surface area contributed by atoms with Crippen molar-refractivity contribution in [2.24, 2.45) is 0 Å². The van der Waals surface area contributed by atoms with Crippen molar-refractivity contribution in [3.05, 3.63) is 71.7 Å². The first-order valence-electron chi connectivity index (χ1n) is 12.7. The van der Waals surface area contributed by atoms with Gasteiger partial charge in [-0.15, -0.1) is 11.3 Å². The summed E-state index contributed by atoms with van der Waals surface area (Å²) in [7, 11) is 0. The second kappa shape index (κ2) is 10.2. The van der Waals surface area contributed by atoms with Gasteiger partial charge < -0.3 is 25.0 Å². The highest BCUT2D eigenvalue weighted by atomic mass is 32.1. The quantitative estimate of drug-likeness (QED) is 0.285. The SMILES string of the molecule is Cc1nc2cc(OCC(O)CN3CCN(c4cc(O)n(-c5cccc6ccccc56)c4O)CC3)ccc2s1. The van der Waals surface area contributed by atoms with E-state index in [0.29, 0.717) is 31.1 Å². The molecule has 1 saturated heterocycles. The van der Waals surface area contributed by atoms with Gasteiger partial charge in [-0.1, -0.05) is 36.4 Å². The number of ether oxygens (including phenoxy) is 1. The van der Waals surface area contributed by atoms with E-state index < -0.39 is 6.10 Å². The Morgan fingerprint density at radius 1 is 0.947 bits per heavy atom. The van der Waals surface area contributed by atoms with Gasteiger partial charge >= 0.3 is 0 Å². The number of aliphatic hydroxyl groups is 1. The van der Waals surface area contributed by atoms with Gasteiger partial charge in [0.15, 0.2) is 0 Å². The van der Waals surface area contributed by atoms with Crippen LogP contribution in [0, 0.1) is 6.92 Å². The lowest BCUT2D eigenvalue weighted by Gasteiger charge is -2.36. The van der Waals surface area contributed by atoms with Crippen molar-refractivity contribution in [3.8, 4) is 23.2 Å². The molecule has 0 radical (unpaired) electrons. The van der Waals surface area contributed by atoms with Crippen LogP contribution in [0.25, 0.3) is 26.7 Å². The van der Waals surface area contributed by atoms with Gasteiger partial charge in [0, 0.05) is 50.2 Å². The van der Waals surface area contributed by atoms with Gasteiger partial charge in [0.05, 0.1) is 20.9 Å². The van der Waals surface area contributed by atoms with Crippen LogP contribution < -0.4 is 9.64 Å². The second-order valence-electron chi connectivity index (χ2n) is 9.66. The molecule has 0 saturated carbocycles. The van der Waals surface area contributed by atoms with Gasteiger partial charge in [-0.05, 0) is 30.5 Å². The largest absolute Gasteiger partial charge is 0.494 e. The summed E-state index contributed by atoms with van der Waals surface area (Å²) in [5, 5.41) is 35.5. The van der Waals surface area contributed by atoms with E-state index >= 15 is 0 Å². The summed E-state index contributed by atoms with van der Waals surface area (Å²) in [6.45, 7) is 5.47. The zero-order chi connectivity index (χ0) is 26.2. The van der Waals surface area contributed by atoms with Crippen LogP contribution in [0.1, 0.15) is 5.01 Å². The van der Waals surface area contributed by atoms with Gasteiger partial charge in [-0.25, -0.2) is 9.55 Å². The van der Waals surface area contributed by atoms with Crippen LogP contribution in [0.15, 0.2) is 66.7 Å². The highest BCUT2D eigenvalue weighted by molar-refractivity contribution is 7.18. The van der Waals surface area contributed by atoms with Gasteiger partial charge in [0.1, 0.15) is 24.1 Å². The molecule has 6 rings (SSSR count). The number of thiazole rings is 1. The number of aromatic nitrogens is 2. The minimum Gasteiger partial charge on any atom is -0.494 e. The molecule has 0 spiro atoms. The number of fused-ring (bicyclic) bond motifs is 2. The highest BCUT2D eigenvalue weighted by Gasteiger charge is 2.25. The fourth-order valence-corrected chi connectivity index (χ4v) is 5.98. The van der Waals surface area contributed by atoms with Crippen molar-refractivity contribution in [2.75, 3.05) is 44.2 Å². The lowest BCUT2D eigenvalue weighted by atomic mass is 10.1. The first kappa shape index (κ1) is 24.5. The highest BCUT2D eigenvalue weighted by Crippen LogP contribution is 2.40. The van der Waals surface area contributed by atoms with Gasteiger partial charge in [0.25, 0.3) is 0 Å². The molecule has 8 nitrogen and oxygen atoms in total. The van der Waals surface area contributed by atoms with Crippen molar-refractivity contribution in [1.29, 1.82) is 0 Å². The average molecular weight is 531 g/mol. The molecule has 1 aliphatic rings. The number of benzene rings is 3. The number of hydrogen-bond acceptors (Lipinski definition) is 8. The molecule has 1 unspecified atom stereocenters. The number of nitrogens with zero attached hydrogens (tertiary/aromatic N) is 4. The molecule has 196 valence electrons. The third-order valence-electron chi connectivity index (χ3n) is 7.03. The Hall–Kier alpha value is -3.79. The minimum atomic E-state index is -0.626. The van der Waals surface area contributed by atoms with E-state index in [1.165, 1.54) is 4.57 Å². The standard InChI is InChI=1S/C29H30N4O4S/c1-19-30-24-15-22(9-10-27(24)38-19)37-18-21(34)17-31-11-13-32(14-12-31)26-16-28(35)33(29(26)36)25-8-4-6-20-5-2-3-7-23(20)25/h2-10,15-16,21,34-36H,11-14,17-18H2,1H3. The summed E-state index contributed by atoms with van der Waals surface area (Å²) in [6.07, 6.45) is -0.626. The van der Waals surface area contributed by atoms with Crippen LogP contribution in [-0.2, 0) is 0 Å². The number of aryl methyl sites for hydroxylation is 1. The molecule has 3 aromatic carbocycles. The van der Waals surface area contributed by atoms with Gasteiger partial charge in [0.2, 0.25) is 11.8 Å². The van der Waals surface area contributed by atoms with E-state index in [1.54, 1.807) is 17.4 Å². The van der Waals surface area contributed by atoms with E-state index in [2.05, 4.69) is 14.8 Å². The molecule has 3 heterocycles. The number of aromatic hydroxyl groups is 2. The number of rotatable bonds is 7. The molecule has 1 fully saturated rings. The molecule has 0 amide bonds. The Morgan fingerprint density at radius 2 is 1.74 bits per heavy atom. The first-order chi connectivity index (χ1) is 18.5. The zero-order valence-corrected chi connectivity index (χ0v) is 21.9. The van der Waals surface area contributed by atoms with Crippen molar-refractivity contribution in [2.45, 2.75) is 13.0 Å². The van der Waals surface area contributed by atoms with Gasteiger partial charge in [-0.2, -0.15) is 0 Å². The van der Waals surface area contributed by atoms with Crippen molar-refractivity contribution < 1.29 is 20.1 Å². The molecule has 0 bridgehead atoms. The summed E-state index contributed by atoms with van der Waals surface area (Å²) >= 11 is 1.65. The van der Waals surface area contributed by atoms with Crippen LogP contribution in [0.3, 0.4) is 0 Å². The zero-order valence-electron chi connectivity index (χ0n) is 21.1. The van der Waals surface area contributed by atoms with E-state index in [1.807, 2.05) is 67.6 Å². The summed E-state index contributed by atoms with van der Waals surface area (Å²) in [5.41, 5.74) is 2.25. The van der Waals surface area contributed by atoms with Gasteiger partial charge in [-0.3, -0.25) is 4.90 Å². The Morgan fingerprint density at radius 3 is 2.58 bits per heavy atom. The summed E-state index contributed by atoms with van der Waals surface area (Å²) < 4.78 is 8.46. The topological polar surface area (TPSA) is 94.2 Å². The Labute approximate surface area is 224 Å². The van der Waals surface area contributed by atoms with E-state index in [4.69, 9.17) is 4.74 Å². The monoisotopic (exact) mass is 530 g/mol. The molecular weight excluding hydrogens is 500 g/mol. The second-order valence-corrected chi connectivity index (χ2v) is 10.9. The number of hydrogen-bond donors (Lipinski definition) is 3. The molecule has 0 aliphatic carbocycles. The molecule has 38 heavy (non-hydrogen) atoms. The molecule has 1 atom stereocenters. The molecular formula is C29H30N4O4S. The Balaban J connectivity index is 1.07. The van der Waals surface area contributed by atoms with E-state index in [9.17, 15) is 15.3 Å². The Bertz CT molecular complexity index is 1580. The van der Waals surface area contributed by atoms with Crippen LogP contribution >= 0.6 is 11.3 Å². The van der Waals surface area contributed by atoms with Crippen molar-refractivity contribution in [3.63, 3.8) is 0 Å². The molecule has 2 aromatic heterocycles. The third-order valence-corrected chi connectivity index (χ3v) is 7.99. The Kier molecular flexibility index (Phi) is 6.57. The minimum absolute atomic E-state index is 0.00477. The number of aliphatic hydroxyl groups excluding tert-OH is 1. The molecule has 1 aliphatic heterocycles. The van der Waals surface area contributed by atoms with Crippen LogP contribution in [-0.4, -0.2) is 75.2 Å². The lowest BCUT2D eigenvalue weighted by molar-refractivity contribution is 0.0663. The summed E-state index contributed by atoms with van der Waals surface area (Å²) in [6, 6.07) is 21.2. The predicted molar refractivity (Wildman–Crippen MR) is 151 cm³/mol. The fourth-order valence-electron chi connectivity index (χ4n) is 5.17. The normalized spacial score (nSPS) is 15.4. The third kappa shape index (κ3) is 4.76. The molecule has 5 aromatic rings. The van der Waals surface area contributed by atoms with Crippen LogP contribution in [0.4, 0.5) is 5.69 Å². The number of anilines is 1. The molecule has 9 heteroatoms.